The van der Waals surface area contributed by atoms with E-state index in [1.165, 1.54) is 29.5 Å². The van der Waals surface area contributed by atoms with Crippen LogP contribution in [0.25, 0.3) is 0 Å². The molecule has 1 atom stereocenters. The molecule has 1 aromatic carbocycles. The first kappa shape index (κ1) is 15.2. The predicted octanol–water partition coefficient (Wildman–Crippen LogP) is 4.12. The van der Waals surface area contributed by atoms with Gasteiger partial charge in [0, 0.05) is 0 Å². The van der Waals surface area contributed by atoms with Crippen LogP contribution >= 0.6 is 0 Å². The van der Waals surface area contributed by atoms with Gasteiger partial charge < -0.3 is 5.32 Å². The minimum Gasteiger partial charge on any atom is -0.317 e. The zero-order valence-electron chi connectivity index (χ0n) is 12.7. The largest absolute Gasteiger partial charge is 0.317 e. The van der Waals surface area contributed by atoms with Crippen LogP contribution in [0.2, 0.25) is 0 Å². The molecule has 0 aromatic heterocycles. The molecule has 0 fully saturated rings. The molecule has 0 aliphatic heterocycles. The van der Waals surface area contributed by atoms with Crippen molar-refractivity contribution in [1.82, 2.24) is 5.32 Å². The van der Waals surface area contributed by atoms with E-state index in [0.717, 1.165) is 24.9 Å². The third kappa shape index (κ3) is 5.22. The zero-order valence-corrected chi connectivity index (χ0v) is 12.7. The van der Waals surface area contributed by atoms with E-state index in [9.17, 15) is 0 Å². The average Bonchev–Trinajstić information content (AvgIpc) is 2.30. The van der Waals surface area contributed by atoms with E-state index in [2.05, 4.69) is 58.1 Å². The molecule has 1 rings (SSSR count). The van der Waals surface area contributed by atoms with Crippen LogP contribution in [0.5, 0.6) is 0 Å². The lowest BCUT2D eigenvalue weighted by atomic mass is 9.90. The van der Waals surface area contributed by atoms with Gasteiger partial charge in [-0.25, -0.2) is 0 Å². The molecule has 1 aromatic rings. The highest BCUT2D eigenvalue weighted by Crippen LogP contribution is 2.19. The van der Waals surface area contributed by atoms with Gasteiger partial charge in [-0.3, -0.25) is 0 Å². The van der Waals surface area contributed by atoms with Gasteiger partial charge in [0.15, 0.2) is 0 Å². The van der Waals surface area contributed by atoms with E-state index in [1.54, 1.807) is 0 Å². The quantitative estimate of drug-likeness (QED) is 0.764. The maximum Gasteiger partial charge on any atom is -0.00174 e. The summed E-state index contributed by atoms with van der Waals surface area (Å²) in [6.07, 6.45) is 2.51. The van der Waals surface area contributed by atoms with Crippen molar-refractivity contribution >= 4 is 0 Å². The Kier molecular flexibility index (Phi) is 6.42. The predicted molar refractivity (Wildman–Crippen MR) is 81.1 cm³/mol. The molecule has 0 heterocycles. The van der Waals surface area contributed by atoms with Gasteiger partial charge >= 0.3 is 0 Å². The molecule has 0 aliphatic carbocycles. The molecule has 18 heavy (non-hydrogen) atoms. The number of aryl methyl sites for hydroxylation is 2. The minimum atomic E-state index is 0.757. The van der Waals surface area contributed by atoms with Gasteiger partial charge in [-0.1, -0.05) is 39.0 Å². The van der Waals surface area contributed by atoms with Gasteiger partial charge in [0.05, 0.1) is 0 Å². The molecule has 0 saturated heterocycles. The fourth-order valence-corrected chi connectivity index (χ4v) is 2.52. The average molecular weight is 247 g/mol. The van der Waals surface area contributed by atoms with Crippen molar-refractivity contribution in [3.8, 4) is 0 Å². The topological polar surface area (TPSA) is 12.0 Å². The zero-order chi connectivity index (χ0) is 13.5. The molecular formula is C17H29N. The summed E-state index contributed by atoms with van der Waals surface area (Å²) >= 11 is 0. The molecule has 0 radical (unpaired) electrons. The normalized spacial score (nSPS) is 13.0. The second-order valence-electron chi connectivity index (χ2n) is 5.93. The van der Waals surface area contributed by atoms with Crippen LogP contribution in [-0.2, 0) is 6.42 Å². The van der Waals surface area contributed by atoms with Gasteiger partial charge in [0.1, 0.15) is 0 Å². The summed E-state index contributed by atoms with van der Waals surface area (Å²) in [5.74, 6) is 1.53. The second-order valence-corrected chi connectivity index (χ2v) is 5.93. The molecule has 1 N–H and O–H groups in total. The smallest absolute Gasteiger partial charge is 0.00174 e. The van der Waals surface area contributed by atoms with Crippen LogP contribution in [0, 0.1) is 25.7 Å². The first-order valence-corrected chi connectivity index (χ1v) is 7.29. The Hall–Kier alpha value is -0.820. The fraction of sp³-hybridized carbons (Fsp3) is 0.647. The van der Waals surface area contributed by atoms with E-state index >= 15 is 0 Å². The van der Waals surface area contributed by atoms with Crippen LogP contribution in [0.3, 0.4) is 0 Å². The lowest BCUT2D eigenvalue weighted by Gasteiger charge is -2.20. The van der Waals surface area contributed by atoms with Gasteiger partial charge in [-0.05, 0) is 68.3 Å². The molecule has 0 bridgehead atoms. The molecule has 0 aliphatic rings. The number of nitrogens with one attached hydrogen (secondary N) is 1. The van der Waals surface area contributed by atoms with E-state index in [4.69, 9.17) is 0 Å². The first-order chi connectivity index (χ1) is 8.52. The first-order valence-electron chi connectivity index (χ1n) is 7.29. The highest BCUT2D eigenvalue weighted by molar-refractivity contribution is 5.30. The van der Waals surface area contributed by atoms with Gasteiger partial charge in [-0.15, -0.1) is 0 Å². The molecule has 1 heteroatoms. The van der Waals surface area contributed by atoms with Gasteiger partial charge in [0.25, 0.3) is 0 Å². The summed E-state index contributed by atoms with van der Waals surface area (Å²) in [5, 5.41) is 3.50. The lowest BCUT2D eigenvalue weighted by molar-refractivity contribution is 0.388. The molecule has 0 amide bonds. The van der Waals surface area contributed by atoms with Crippen molar-refractivity contribution in [2.24, 2.45) is 11.8 Å². The van der Waals surface area contributed by atoms with E-state index in [-0.39, 0.29) is 0 Å². The number of rotatable bonds is 7. The van der Waals surface area contributed by atoms with Crippen molar-refractivity contribution in [3.05, 3.63) is 34.9 Å². The molecule has 102 valence electrons. The summed E-state index contributed by atoms with van der Waals surface area (Å²) in [7, 11) is 0. The lowest BCUT2D eigenvalue weighted by Crippen LogP contribution is -2.25. The Bertz CT molecular complexity index is 355. The summed E-state index contributed by atoms with van der Waals surface area (Å²) in [4.78, 5) is 0. The summed E-state index contributed by atoms with van der Waals surface area (Å²) in [6, 6.07) is 6.90. The summed E-state index contributed by atoms with van der Waals surface area (Å²) < 4.78 is 0. The third-order valence-corrected chi connectivity index (χ3v) is 3.58. The van der Waals surface area contributed by atoms with Crippen molar-refractivity contribution in [2.45, 2.75) is 47.5 Å². The third-order valence-electron chi connectivity index (χ3n) is 3.58. The van der Waals surface area contributed by atoms with Gasteiger partial charge in [-0.2, -0.15) is 0 Å². The molecular weight excluding hydrogens is 218 g/mol. The SMILES string of the molecule is CCNCC(Cc1ccc(C)c(C)c1)CC(C)C. The van der Waals surface area contributed by atoms with Crippen LogP contribution in [0.4, 0.5) is 0 Å². The summed E-state index contributed by atoms with van der Waals surface area (Å²) in [6.45, 7) is 13.4. The minimum absolute atomic E-state index is 0.757. The highest BCUT2D eigenvalue weighted by atomic mass is 14.8. The van der Waals surface area contributed by atoms with Gasteiger partial charge in [0.2, 0.25) is 0 Å². The summed E-state index contributed by atoms with van der Waals surface area (Å²) in [5.41, 5.74) is 4.30. The van der Waals surface area contributed by atoms with Crippen LogP contribution in [0.15, 0.2) is 18.2 Å². The number of hydrogen-bond acceptors (Lipinski definition) is 1. The van der Waals surface area contributed by atoms with Crippen molar-refractivity contribution in [1.29, 1.82) is 0 Å². The van der Waals surface area contributed by atoms with Crippen LogP contribution in [0.1, 0.15) is 43.9 Å². The second kappa shape index (κ2) is 7.58. The van der Waals surface area contributed by atoms with Crippen LogP contribution < -0.4 is 5.32 Å². The Morgan fingerprint density at radius 2 is 1.83 bits per heavy atom. The van der Waals surface area contributed by atoms with E-state index in [0.29, 0.717) is 0 Å². The Balaban J connectivity index is 2.65. The Labute approximate surface area is 113 Å². The standard InChI is InChI=1S/C17H29N/c1-6-18-12-17(9-13(2)3)11-16-8-7-14(4)15(5)10-16/h7-8,10,13,17-18H,6,9,11-12H2,1-5H3. The maximum atomic E-state index is 3.50. The Morgan fingerprint density at radius 1 is 1.11 bits per heavy atom. The maximum absolute atomic E-state index is 3.50. The van der Waals surface area contributed by atoms with Crippen molar-refractivity contribution in [2.75, 3.05) is 13.1 Å². The number of hydrogen-bond donors (Lipinski definition) is 1. The van der Waals surface area contributed by atoms with Crippen LogP contribution in [-0.4, -0.2) is 13.1 Å². The highest BCUT2D eigenvalue weighted by Gasteiger charge is 2.11. The van der Waals surface area contributed by atoms with Crippen molar-refractivity contribution in [3.63, 3.8) is 0 Å². The molecule has 0 spiro atoms. The number of benzene rings is 1. The molecule has 0 saturated carbocycles. The van der Waals surface area contributed by atoms with E-state index in [1.807, 2.05) is 0 Å². The fourth-order valence-electron chi connectivity index (χ4n) is 2.52. The monoisotopic (exact) mass is 247 g/mol. The van der Waals surface area contributed by atoms with Crippen molar-refractivity contribution < 1.29 is 0 Å². The molecule has 1 nitrogen and oxygen atoms in total. The molecule has 1 unspecified atom stereocenters. The Morgan fingerprint density at radius 3 is 2.39 bits per heavy atom. The van der Waals surface area contributed by atoms with E-state index < -0.39 is 0 Å².